The van der Waals surface area contributed by atoms with Crippen molar-refractivity contribution in [2.75, 3.05) is 18.4 Å². The molecule has 3 N–H and O–H groups in total. The number of amides is 1. The lowest BCUT2D eigenvalue weighted by Gasteiger charge is -2.14. The summed E-state index contributed by atoms with van der Waals surface area (Å²) in [4.78, 5) is 23.0. The highest BCUT2D eigenvalue weighted by molar-refractivity contribution is 5.96. The quantitative estimate of drug-likeness (QED) is 0.733. The minimum atomic E-state index is -0.991. The van der Waals surface area contributed by atoms with Gasteiger partial charge in [0.1, 0.15) is 0 Å². The van der Waals surface area contributed by atoms with Gasteiger partial charge in [-0.2, -0.15) is 0 Å². The van der Waals surface area contributed by atoms with Gasteiger partial charge in [0, 0.05) is 18.2 Å². The van der Waals surface area contributed by atoms with Crippen LogP contribution in [0.25, 0.3) is 0 Å². The molecule has 1 aromatic rings. The summed E-state index contributed by atoms with van der Waals surface area (Å²) >= 11 is 0. The molecule has 0 fully saturated rings. The van der Waals surface area contributed by atoms with Crippen LogP contribution in [0.2, 0.25) is 0 Å². The van der Waals surface area contributed by atoms with Gasteiger partial charge in [0.25, 0.3) is 0 Å². The van der Waals surface area contributed by atoms with E-state index in [0.717, 1.165) is 6.54 Å². The van der Waals surface area contributed by atoms with Crippen molar-refractivity contribution in [2.45, 2.75) is 20.8 Å². The fraction of sp³-hybridized carbons (Fsp3) is 0.429. The molecule has 1 rings (SSSR count). The number of carbonyl (C=O) groups is 2. The van der Waals surface area contributed by atoms with E-state index in [1.54, 1.807) is 19.1 Å². The molecule has 0 spiro atoms. The lowest BCUT2D eigenvalue weighted by atomic mass is 10.1. The molecule has 1 aromatic carbocycles. The van der Waals surface area contributed by atoms with Gasteiger partial charge in [-0.25, -0.2) is 4.79 Å². The normalized spacial score (nSPS) is 11.9. The van der Waals surface area contributed by atoms with Gasteiger partial charge in [0.15, 0.2) is 0 Å². The predicted molar refractivity (Wildman–Crippen MR) is 74.5 cm³/mol. The Morgan fingerprint density at radius 1 is 1.37 bits per heavy atom. The van der Waals surface area contributed by atoms with Crippen LogP contribution < -0.4 is 10.6 Å². The zero-order valence-electron chi connectivity index (χ0n) is 11.5. The Kier molecular flexibility index (Phi) is 5.51. The molecule has 1 unspecified atom stereocenters. The van der Waals surface area contributed by atoms with Crippen LogP contribution in [0.15, 0.2) is 18.2 Å². The number of benzene rings is 1. The number of carboxylic acids is 1. The van der Waals surface area contributed by atoms with Crippen molar-refractivity contribution in [3.8, 4) is 0 Å². The zero-order valence-corrected chi connectivity index (χ0v) is 11.5. The first-order valence-corrected chi connectivity index (χ1v) is 6.31. The maximum absolute atomic E-state index is 12.0. The van der Waals surface area contributed by atoms with E-state index in [9.17, 15) is 9.59 Å². The number of carboxylic acid groups (broad SMARTS) is 1. The number of carbonyl (C=O) groups excluding carboxylic acids is 1. The van der Waals surface area contributed by atoms with Crippen LogP contribution >= 0.6 is 0 Å². The van der Waals surface area contributed by atoms with E-state index in [0.29, 0.717) is 17.8 Å². The maximum Gasteiger partial charge on any atom is 0.336 e. The highest BCUT2D eigenvalue weighted by Crippen LogP contribution is 2.19. The highest BCUT2D eigenvalue weighted by atomic mass is 16.4. The van der Waals surface area contributed by atoms with E-state index in [-0.39, 0.29) is 17.4 Å². The average Bonchev–Trinajstić information content (AvgIpc) is 2.37. The SMILES string of the molecule is CCNCC(C)C(=O)Nc1cccc(C(=O)O)c1C. The Bertz CT molecular complexity index is 472. The van der Waals surface area contributed by atoms with Crippen molar-refractivity contribution < 1.29 is 14.7 Å². The largest absolute Gasteiger partial charge is 0.478 e. The van der Waals surface area contributed by atoms with Crippen LogP contribution in [0, 0.1) is 12.8 Å². The average molecular weight is 264 g/mol. The lowest BCUT2D eigenvalue weighted by molar-refractivity contribution is -0.119. The molecule has 5 nitrogen and oxygen atoms in total. The Labute approximate surface area is 113 Å². The summed E-state index contributed by atoms with van der Waals surface area (Å²) in [7, 11) is 0. The summed E-state index contributed by atoms with van der Waals surface area (Å²) in [6.45, 7) is 6.90. The third-order valence-corrected chi connectivity index (χ3v) is 2.97. The monoisotopic (exact) mass is 264 g/mol. The fourth-order valence-electron chi connectivity index (χ4n) is 1.71. The molecule has 0 saturated carbocycles. The zero-order chi connectivity index (χ0) is 14.4. The number of hydrogen-bond donors (Lipinski definition) is 3. The molecule has 1 amide bonds. The van der Waals surface area contributed by atoms with Crippen LogP contribution in [0.4, 0.5) is 5.69 Å². The molecule has 0 aromatic heterocycles. The van der Waals surface area contributed by atoms with Gasteiger partial charge < -0.3 is 15.7 Å². The van der Waals surface area contributed by atoms with Gasteiger partial charge in [0.05, 0.1) is 5.56 Å². The molecular weight excluding hydrogens is 244 g/mol. The van der Waals surface area contributed by atoms with Crippen molar-refractivity contribution in [1.82, 2.24) is 5.32 Å². The Hall–Kier alpha value is -1.88. The summed E-state index contributed by atoms with van der Waals surface area (Å²) in [6.07, 6.45) is 0. The molecule has 0 radical (unpaired) electrons. The minimum Gasteiger partial charge on any atom is -0.478 e. The van der Waals surface area contributed by atoms with Gasteiger partial charge in [0.2, 0.25) is 5.91 Å². The standard InChI is InChI=1S/C14H20N2O3/c1-4-15-8-9(2)13(17)16-12-7-5-6-11(10(12)3)14(18)19/h5-7,9,15H,4,8H2,1-3H3,(H,16,17)(H,18,19). The number of rotatable bonds is 6. The molecule has 104 valence electrons. The minimum absolute atomic E-state index is 0.119. The summed E-state index contributed by atoms with van der Waals surface area (Å²) in [6, 6.07) is 4.86. The van der Waals surface area contributed by atoms with E-state index >= 15 is 0 Å². The molecular formula is C14H20N2O3. The van der Waals surface area contributed by atoms with Crippen LogP contribution in [-0.2, 0) is 4.79 Å². The molecule has 0 saturated heterocycles. The predicted octanol–water partition coefficient (Wildman–Crippen LogP) is 1.88. The van der Waals surface area contributed by atoms with Crippen molar-refractivity contribution >= 4 is 17.6 Å². The molecule has 0 heterocycles. The number of aromatic carboxylic acids is 1. The summed E-state index contributed by atoms with van der Waals surface area (Å²) in [5.74, 6) is -1.28. The van der Waals surface area contributed by atoms with Crippen LogP contribution in [0.1, 0.15) is 29.8 Å². The van der Waals surface area contributed by atoms with E-state index in [1.165, 1.54) is 6.07 Å². The van der Waals surface area contributed by atoms with Gasteiger partial charge >= 0.3 is 5.97 Å². The van der Waals surface area contributed by atoms with E-state index < -0.39 is 5.97 Å². The van der Waals surface area contributed by atoms with Crippen molar-refractivity contribution in [2.24, 2.45) is 5.92 Å². The maximum atomic E-state index is 12.0. The van der Waals surface area contributed by atoms with Gasteiger partial charge in [-0.05, 0) is 31.2 Å². The summed E-state index contributed by atoms with van der Waals surface area (Å²) in [5, 5.41) is 14.9. The molecule has 0 aliphatic heterocycles. The molecule has 0 bridgehead atoms. The smallest absolute Gasteiger partial charge is 0.336 e. The van der Waals surface area contributed by atoms with E-state index in [1.807, 2.05) is 13.8 Å². The Balaban J connectivity index is 2.80. The number of anilines is 1. The molecule has 19 heavy (non-hydrogen) atoms. The van der Waals surface area contributed by atoms with Gasteiger partial charge in [-0.1, -0.05) is 19.9 Å². The van der Waals surface area contributed by atoms with Crippen molar-refractivity contribution in [3.05, 3.63) is 29.3 Å². The first kappa shape index (κ1) is 15.2. The van der Waals surface area contributed by atoms with Gasteiger partial charge in [-0.15, -0.1) is 0 Å². The molecule has 5 heteroatoms. The Morgan fingerprint density at radius 2 is 2.05 bits per heavy atom. The highest BCUT2D eigenvalue weighted by Gasteiger charge is 2.15. The topological polar surface area (TPSA) is 78.4 Å². The number of hydrogen-bond acceptors (Lipinski definition) is 3. The first-order chi connectivity index (χ1) is 8.97. The lowest BCUT2D eigenvalue weighted by Crippen LogP contribution is -2.30. The molecule has 1 atom stereocenters. The second kappa shape index (κ2) is 6.89. The molecule has 0 aliphatic carbocycles. The van der Waals surface area contributed by atoms with E-state index in [2.05, 4.69) is 10.6 Å². The third-order valence-electron chi connectivity index (χ3n) is 2.97. The second-order valence-electron chi connectivity index (χ2n) is 4.48. The third kappa shape index (κ3) is 4.06. The van der Waals surface area contributed by atoms with Gasteiger partial charge in [-0.3, -0.25) is 4.79 Å². The fourth-order valence-corrected chi connectivity index (χ4v) is 1.71. The summed E-state index contributed by atoms with van der Waals surface area (Å²) in [5.41, 5.74) is 1.32. The van der Waals surface area contributed by atoms with E-state index in [4.69, 9.17) is 5.11 Å². The van der Waals surface area contributed by atoms with Crippen LogP contribution in [0.5, 0.6) is 0 Å². The number of nitrogens with one attached hydrogen (secondary N) is 2. The molecule has 0 aliphatic rings. The van der Waals surface area contributed by atoms with Crippen LogP contribution in [-0.4, -0.2) is 30.1 Å². The Morgan fingerprint density at radius 3 is 2.63 bits per heavy atom. The second-order valence-corrected chi connectivity index (χ2v) is 4.48. The van der Waals surface area contributed by atoms with Crippen molar-refractivity contribution in [3.63, 3.8) is 0 Å². The van der Waals surface area contributed by atoms with Crippen molar-refractivity contribution in [1.29, 1.82) is 0 Å². The first-order valence-electron chi connectivity index (χ1n) is 6.31. The summed E-state index contributed by atoms with van der Waals surface area (Å²) < 4.78 is 0. The van der Waals surface area contributed by atoms with Crippen LogP contribution in [0.3, 0.4) is 0 Å².